The SMILES string of the molecule is COc1ccc(-c2cccc(OCc3c(C)cccc3-n3nnn(C)c3=O)c2)cn1. The Bertz CT molecular complexity index is 1230. The summed E-state index contributed by atoms with van der Waals surface area (Å²) >= 11 is 0. The van der Waals surface area contributed by atoms with Crippen molar-refractivity contribution in [3.05, 3.63) is 82.4 Å². The van der Waals surface area contributed by atoms with E-state index in [4.69, 9.17) is 9.47 Å². The highest BCUT2D eigenvalue weighted by molar-refractivity contribution is 5.64. The highest BCUT2D eigenvalue weighted by Gasteiger charge is 2.13. The van der Waals surface area contributed by atoms with Crippen molar-refractivity contribution in [3.63, 3.8) is 0 Å². The van der Waals surface area contributed by atoms with Crippen molar-refractivity contribution in [2.75, 3.05) is 7.11 Å². The van der Waals surface area contributed by atoms with Crippen LogP contribution in [-0.4, -0.2) is 31.9 Å². The number of hydrogen-bond donors (Lipinski definition) is 0. The second-order valence-corrected chi connectivity index (χ2v) is 6.78. The van der Waals surface area contributed by atoms with E-state index in [1.54, 1.807) is 20.4 Å². The Kier molecular flexibility index (Phi) is 5.30. The van der Waals surface area contributed by atoms with Gasteiger partial charge in [0.25, 0.3) is 0 Å². The van der Waals surface area contributed by atoms with E-state index in [2.05, 4.69) is 15.4 Å². The van der Waals surface area contributed by atoms with Gasteiger partial charge in [0.1, 0.15) is 12.4 Å². The number of hydrogen-bond acceptors (Lipinski definition) is 6. The molecule has 0 N–H and O–H groups in total. The van der Waals surface area contributed by atoms with Crippen molar-refractivity contribution < 1.29 is 9.47 Å². The summed E-state index contributed by atoms with van der Waals surface area (Å²) in [5, 5.41) is 7.76. The minimum atomic E-state index is -0.309. The topological polar surface area (TPSA) is 84.1 Å². The van der Waals surface area contributed by atoms with Crippen LogP contribution in [0.25, 0.3) is 16.8 Å². The molecule has 0 amide bonds. The van der Waals surface area contributed by atoms with Crippen molar-refractivity contribution in [2.24, 2.45) is 7.05 Å². The van der Waals surface area contributed by atoms with E-state index in [0.29, 0.717) is 17.3 Å². The molecule has 0 spiro atoms. The van der Waals surface area contributed by atoms with E-state index in [0.717, 1.165) is 22.3 Å². The molecule has 2 aromatic heterocycles. The Hall–Kier alpha value is -3.94. The van der Waals surface area contributed by atoms with Gasteiger partial charge >= 0.3 is 5.69 Å². The molecule has 0 unspecified atom stereocenters. The van der Waals surface area contributed by atoms with Crippen LogP contribution in [0.2, 0.25) is 0 Å². The van der Waals surface area contributed by atoms with Crippen LogP contribution < -0.4 is 15.2 Å². The van der Waals surface area contributed by atoms with E-state index in [1.807, 2.05) is 61.5 Å². The van der Waals surface area contributed by atoms with E-state index >= 15 is 0 Å². The molecular weight excluding hydrogens is 382 g/mol. The lowest BCUT2D eigenvalue weighted by molar-refractivity contribution is 0.305. The van der Waals surface area contributed by atoms with Gasteiger partial charge in [-0.15, -0.1) is 0 Å². The summed E-state index contributed by atoms with van der Waals surface area (Å²) < 4.78 is 13.7. The Morgan fingerprint density at radius 2 is 1.83 bits per heavy atom. The number of aryl methyl sites for hydroxylation is 2. The maximum atomic E-state index is 12.3. The minimum Gasteiger partial charge on any atom is -0.489 e. The standard InChI is InChI=1S/C22H21N5O3/c1-15-6-4-9-20(27-22(28)26(2)24-25-27)19(15)14-30-18-8-5-7-16(12-18)17-10-11-21(29-3)23-13-17/h4-13H,14H2,1-3H3. The summed E-state index contributed by atoms with van der Waals surface area (Å²) in [6.07, 6.45) is 1.76. The van der Waals surface area contributed by atoms with E-state index in [-0.39, 0.29) is 12.3 Å². The molecule has 0 aliphatic rings. The summed E-state index contributed by atoms with van der Waals surface area (Å²) in [6.45, 7) is 2.26. The number of tetrazole rings is 1. The molecule has 8 heteroatoms. The van der Waals surface area contributed by atoms with Crippen LogP contribution in [0, 0.1) is 6.92 Å². The number of rotatable bonds is 6. The molecule has 0 aliphatic heterocycles. The first kappa shape index (κ1) is 19.4. The molecule has 0 atom stereocenters. The van der Waals surface area contributed by atoms with E-state index in [1.165, 1.54) is 9.36 Å². The molecule has 0 saturated heterocycles. The third kappa shape index (κ3) is 3.80. The van der Waals surface area contributed by atoms with Crippen molar-refractivity contribution in [2.45, 2.75) is 13.5 Å². The van der Waals surface area contributed by atoms with Crippen molar-refractivity contribution in [1.29, 1.82) is 0 Å². The third-order valence-corrected chi connectivity index (χ3v) is 4.83. The zero-order valence-corrected chi connectivity index (χ0v) is 16.9. The first-order valence-corrected chi connectivity index (χ1v) is 9.38. The fraction of sp³-hybridized carbons (Fsp3) is 0.182. The van der Waals surface area contributed by atoms with Crippen molar-refractivity contribution in [3.8, 4) is 28.4 Å². The van der Waals surface area contributed by atoms with Gasteiger partial charge in [0.05, 0.1) is 12.8 Å². The summed E-state index contributed by atoms with van der Waals surface area (Å²) in [5.41, 5.74) is 4.17. The Labute approximate surface area is 173 Å². The fourth-order valence-corrected chi connectivity index (χ4v) is 3.13. The van der Waals surface area contributed by atoms with Gasteiger partial charge in [-0.25, -0.2) is 9.78 Å². The van der Waals surface area contributed by atoms with E-state index < -0.39 is 0 Å². The van der Waals surface area contributed by atoms with Gasteiger partial charge in [-0.3, -0.25) is 0 Å². The van der Waals surface area contributed by atoms with Gasteiger partial charge in [-0.2, -0.15) is 9.36 Å². The lowest BCUT2D eigenvalue weighted by atomic mass is 10.1. The normalized spacial score (nSPS) is 10.8. The molecule has 8 nitrogen and oxygen atoms in total. The maximum Gasteiger partial charge on any atom is 0.368 e. The minimum absolute atomic E-state index is 0.287. The Balaban J connectivity index is 1.60. The molecule has 0 fully saturated rings. The molecule has 4 aromatic rings. The van der Waals surface area contributed by atoms with Crippen LogP contribution in [-0.2, 0) is 13.7 Å². The largest absolute Gasteiger partial charge is 0.489 e. The quantitative estimate of drug-likeness (QED) is 0.492. The van der Waals surface area contributed by atoms with Crippen molar-refractivity contribution in [1.82, 2.24) is 24.8 Å². The Morgan fingerprint density at radius 3 is 2.53 bits per heavy atom. The number of aromatic nitrogens is 5. The first-order valence-electron chi connectivity index (χ1n) is 9.38. The number of benzene rings is 2. The molecular formula is C22H21N5O3. The van der Waals surface area contributed by atoms with Crippen LogP contribution in [0.1, 0.15) is 11.1 Å². The highest BCUT2D eigenvalue weighted by atomic mass is 16.5. The summed E-state index contributed by atoms with van der Waals surface area (Å²) in [5.74, 6) is 1.28. The number of nitrogens with zero attached hydrogens (tertiary/aromatic N) is 5. The second-order valence-electron chi connectivity index (χ2n) is 6.78. The second kappa shape index (κ2) is 8.20. The molecule has 0 radical (unpaired) electrons. The van der Waals surface area contributed by atoms with Crippen molar-refractivity contribution >= 4 is 0 Å². The summed E-state index contributed by atoms with van der Waals surface area (Å²) in [7, 11) is 3.16. The lowest BCUT2D eigenvalue weighted by Gasteiger charge is -2.13. The number of ether oxygens (including phenoxy) is 2. The fourth-order valence-electron chi connectivity index (χ4n) is 3.13. The van der Waals surface area contributed by atoms with E-state index in [9.17, 15) is 4.79 Å². The third-order valence-electron chi connectivity index (χ3n) is 4.83. The molecule has 2 heterocycles. The Morgan fingerprint density at radius 1 is 1.00 bits per heavy atom. The van der Waals surface area contributed by atoms with Crippen LogP contribution in [0.3, 0.4) is 0 Å². The monoisotopic (exact) mass is 403 g/mol. The average Bonchev–Trinajstić information content (AvgIpc) is 3.11. The van der Waals surface area contributed by atoms with Gasteiger partial charge in [-0.05, 0) is 52.7 Å². The predicted octanol–water partition coefficient (Wildman–Crippen LogP) is 2.92. The summed E-state index contributed by atoms with van der Waals surface area (Å²) in [4.78, 5) is 16.6. The molecule has 4 rings (SSSR count). The predicted molar refractivity (Wildman–Crippen MR) is 112 cm³/mol. The van der Waals surface area contributed by atoms with Gasteiger partial charge in [0.2, 0.25) is 5.88 Å². The first-order chi connectivity index (χ1) is 14.6. The highest BCUT2D eigenvalue weighted by Crippen LogP contribution is 2.26. The van der Waals surface area contributed by atoms with Crippen LogP contribution in [0.4, 0.5) is 0 Å². The van der Waals surface area contributed by atoms with Gasteiger partial charge in [-0.1, -0.05) is 24.3 Å². The molecule has 0 bridgehead atoms. The molecule has 0 aliphatic carbocycles. The van der Waals surface area contributed by atoms with Crippen LogP contribution >= 0.6 is 0 Å². The zero-order chi connectivity index (χ0) is 21.1. The lowest BCUT2D eigenvalue weighted by Crippen LogP contribution is -2.23. The van der Waals surface area contributed by atoms with Crippen LogP contribution in [0.5, 0.6) is 11.6 Å². The van der Waals surface area contributed by atoms with Gasteiger partial charge in [0.15, 0.2) is 0 Å². The smallest absolute Gasteiger partial charge is 0.368 e. The number of methoxy groups -OCH3 is 1. The zero-order valence-electron chi connectivity index (χ0n) is 16.9. The molecule has 0 saturated carbocycles. The molecule has 152 valence electrons. The average molecular weight is 403 g/mol. The van der Waals surface area contributed by atoms with Gasteiger partial charge in [0, 0.05) is 30.4 Å². The maximum absolute atomic E-state index is 12.3. The van der Waals surface area contributed by atoms with Gasteiger partial charge < -0.3 is 9.47 Å². The molecule has 30 heavy (non-hydrogen) atoms. The molecule has 2 aromatic carbocycles. The summed E-state index contributed by atoms with van der Waals surface area (Å²) in [6, 6.07) is 17.2. The number of pyridine rings is 1. The van der Waals surface area contributed by atoms with Crippen LogP contribution in [0.15, 0.2) is 65.6 Å².